The van der Waals surface area contributed by atoms with Gasteiger partial charge in [-0.2, -0.15) is 0 Å². The second-order valence-corrected chi connectivity index (χ2v) is 11.5. The number of aliphatic hydroxyl groups excluding tert-OH is 2. The predicted octanol–water partition coefficient (Wildman–Crippen LogP) is 3.30. The summed E-state index contributed by atoms with van der Waals surface area (Å²) in [6.07, 6.45) is 4.91. The van der Waals surface area contributed by atoms with Gasteiger partial charge < -0.3 is 25.2 Å². The van der Waals surface area contributed by atoms with Gasteiger partial charge in [-0.3, -0.25) is 9.59 Å². The van der Waals surface area contributed by atoms with Crippen LogP contribution in [0.2, 0.25) is 0 Å². The number of carbonyl (C=O) groups is 2. The summed E-state index contributed by atoms with van der Waals surface area (Å²) >= 11 is 0. The van der Waals surface area contributed by atoms with Gasteiger partial charge in [0.25, 0.3) is 0 Å². The number of amides is 2. The van der Waals surface area contributed by atoms with Crippen LogP contribution in [-0.4, -0.2) is 58.3 Å². The largest absolute Gasteiger partial charge is 0.486 e. The fraction of sp³-hybridized carbons (Fsp3) is 0.484. The summed E-state index contributed by atoms with van der Waals surface area (Å²) in [5.41, 5.74) is 1.96. The number of aliphatic hydroxyl groups is 2. The highest BCUT2D eigenvalue weighted by molar-refractivity contribution is 5.96. The molecule has 6 rings (SSSR count). The summed E-state index contributed by atoms with van der Waals surface area (Å²) in [7, 11) is 0. The van der Waals surface area contributed by atoms with Gasteiger partial charge in [0.15, 0.2) is 0 Å². The first-order chi connectivity index (χ1) is 18.9. The van der Waals surface area contributed by atoms with Crippen LogP contribution in [-0.2, 0) is 16.1 Å². The van der Waals surface area contributed by atoms with Gasteiger partial charge in [0.05, 0.1) is 18.6 Å². The van der Waals surface area contributed by atoms with Gasteiger partial charge in [0.1, 0.15) is 23.8 Å². The first-order valence-corrected chi connectivity index (χ1v) is 14.0. The second-order valence-electron chi connectivity index (χ2n) is 11.5. The van der Waals surface area contributed by atoms with Gasteiger partial charge in [-0.25, -0.2) is 4.39 Å². The molecule has 2 saturated carbocycles. The quantitative estimate of drug-likeness (QED) is 0.483. The fourth-order valence-corrected chi connectivity index (χ4v) is 7.31. The van der Waals surface area contributed by atoms with Crippen molar-refractivity contribution in [2.45, 2.75) is 62.8 Å². The number of hydrogen-bond acceptors (Lipinski definition) is 5. The maximum atomic E-state index is 14.0. The van der Waals surface area contributed by atoms with Gasteiger partial charge in [-0.1, -0.05) is 36.8 Å². The van der Waals surface area contributed by atoms with Crippen LogP contribution in [0.5, 0.6) is 5.75 Å². The lowest BCUT2D eigenvalue weighted by Crippen LogP contribution is -2.55. The van der Waals surface area contributed by atoms with Gasteiger partial charge in [0.2, 0.25) is 11.8 Å². The molecule has 2 fully saturated rings. The molecule has 2 aromatic carbocycles. The molecule has 7 unspecified atom stereocenters. The zero-order valence-corrected chi connectivity index (χ0v) is 21.8. The third-order valence-electron chi connectivity index (χ3n) is 9.14. The monoisotopic (exact) mass is 534 g/mol. The Morgan fingerprint density at radius 3 is 2.59 bits per heavy atom. The maximum absolute atomic E-state index is 14.0. The number of hydrogen-bond donors (Lipinski definition) is 3. The topological polar surface area (TPSA) is 99.1 Å². The van der Waals surface area contributed by atoms with Crippen molar-refractivity contribution < 1.29 is 28.9 Å². The van der Waals surface area contributed by atoms with Crippen molar-refractivity contribution in [1.29, 1.82) is 0 Å². The number of nitrogens with zero attached hydrogens (tertiary/aromatic N) is 1. The molecule has 2 bridgehead atoms. The first kappa shape index (κ1) is 26.0. The number of para-hydroxylation sites is 1. The molecule has 0 radical (unpaired) electrons. The highest BCUT2D eigenvalue weighted by Gasteiger charge is 2.51. The molecule has 2 aromatic rings. The van der Waals surface area contributed by atoms with Crippen molar-refractivity contribution in [2.75, 3.05) is 13.2 Å². The Hall–Kier alpha value is -3.23. The van der Waals surface area contributed by atoms with Crippen molar-refractivity contribution in [1.82, 2.24) is 10.2 Å². The average Bonchev–Trinajstić information content (AvgIpc) is 3.67. The third kappa shape index (κ3) is 4.96. The van der Waals surface area contributed by atoms with E-state index in [-0.39, 0.29) is 37.3 Å². The lowest BCUT2D eigenvalue weighted by Gasteiger charge is -2.41. The first-order valence-electron chi connectivity index (χ1n) is 14.0. The normalized spacial score (nSPS) is 30.2. The lowest BCUT2D eigenvalue weighted by molar-refractivity contribution is -0.139. The molecular weight excluding hydrogens is 499 g/mol. The Bertz CT molecular complexity index is 1260. The van der Waals surface area contributed by atoms with Crippen LogP contribution in [0.4, 0.5) is 4.39 Å². The molecule has 0 saturated heterocycles. The zero-order chi connectivity index (χ0) is 27.1. The van der Waals surface area contributed by atoms with Crippen LogP contribution < -0.4 is 10.1 Å². The molecule has 3 aliphatic carbocycles. The SMILES string of the molecule is O=C(NCCO)C1=CC(N(Cc2ccc(F)cc2)C(=O)CC2CC3CCC2C3)C(O)C2Oc3ccccc3C12. The highest BCUT2D eigenvalue weighted by Crippen LogP contribution is 2.50. The van der Waals surface area contributed by atoms with Crippen LogP contribution in [0.25, 0.3) is 0 Å². The Balaban J connectivity index is 1.35. The van der Waals surface area contributed by atoms with Gasteiger partial charge in [-0.15, -0.1) is 0 Å². The number of nitrogens with one attached hydrogen (secondary N) is 1. The number of halogens is 1. The third-order valence-corrected chi connectivity index (χ3v) is 9.14. The summed E-state index contributed by atoms with van der Waals surface area (Å²) in [5, 5.41) is 23.7. The number of fused-ring (bicyclic) bond motifs is 5. The van der Waals surface area contributed by atoms with E-state index in [0.29, 0.717) is 35.5 Å². The minimum absolute atomic E-state index is 0.0822. The number of benzene rings is 2. The van der Waals surface area contributed by atoms with E-state index in [2.05, 4.69) is 5.32 Å². The van der Waals surface area contributed by atoms with Crippen molar-refractivity contribution in [3.8, 4) is 5.75 Å². The molecule has 7 nitrogen and oxygen atoms in total. The summed E-state index contributed by atoms with van der Waals surface area (Å²) in [6, 6.07) is 12.6. The molecule has 0 aromatic heterocycles. The molecular formula is C31H35FN2O5. The molecule has 3 N–H and O–H groups in total. The molecule has 4 aliphatic rings. The van der Waals surface area contributed by atoms with Crippen molar-refractivity contribution in [3.05, 3.63) is 77.1 Å². The average molecular weight is 535 g/mol. The minimum Gasteiger partial charge on any atom is -0.486 e. The highest BCUT2D eigenvalue weighted by atomic mass is 19.1. The Morgan fingerprint density at radius 2 is 1.87 bits per heavy atom. The van der Waals surface area contributed by atoms with Gasteiger partial charge in [-0.05, 0) is 66.9 Å². The molecule has 206 valence electrons. The Morgan fingerprint density at radius 1 is 1.08 bits per heavy atom. The Kier molecular flexibility index (Phi) is 7.16. The number of rotatable bonds is 8. The Labute approximate surface area is 227 Å². The van der Waals surface area contributed by atoms with E-state index in [1.807, 2.05) is 24.3 Å². The van der Waals surface area contributed by atoms with Crippen molar-refractivity contribution in [3.63, 3.8) is 0 Å². The minimum atomic E-state index is -1.08. The van der Waals surface area contributed by atoms with Gasteiger partial charge >= 0.3 is 0 Å². The molecule has 39 heavy (non-hydrogen) atoms. The van der Waals surface area contributed by atoms with E-state index < -0.39 is 24.2 Å². The predicted molar refractivity (Wildman–Crippen MR) is 142 cm³/mol. The molecule has 7 atom stereocenters. The van der Waals surface area contributed by atoms with Crippen LogP contribution in [0, 0.1) is 23.6 Å². The van der Waals surface area contributed by atoms with E-state index in [4.69, 9.17) is 4.74 Å². The van der Waals surface area contributed by atoms with E-state index >= 15 is 0 Å². The van der Waals surface area contributed by atoms with Crippen LogP contribution in [0.3, 0.4) is 0 Å². The summed E-state index contributed by atoms with van der Waals surface area (Å²) in [4.78, 5) is 29.0. The second kappa shape index (κ2) is 10.7. The fourth-order valence-electron chi connectivity index (χ4n) is 7.31. The van der Waals surface area contributed by atoms with Gasteiger partial charge in [0, 0.05) is 30.6 Å². The number of carbonyl (C=O) groups excluding carboxylic acids is 2. The summed E-state index contributed by atoms with van der Waals surface area (Å²) in [6.45, 7) is 0.0603. The summed E-state index contributed by atoms with van der Waals surface area (Å²) < 4.78 is 19.9. The number of ether oxygens (including phenoxy) is 1. The zero-order valence-electron chi connectivity index (χ0n) is 21.8. The van der Waals surface area contributed by atoms with E-state index in [1.54, 1.807) is 23.1 Å². The van der Waals surface area contributed by atoms with Crippen LogP contribution in [0.1, 0.15) is 49.1 Å². The summed E-state index contributed by atoms with van der Waals surface area (Å²) in [5.74, 6) is 0.885. The van der Waals surface area contributed by atoms with E-state index in [0.717, 1.165) is 24.0 Å². The van der Waals surface area contributed by atoms with Crippen LogP contribution >= 0.6 is 0 Å². The lowest BCUT2D eigenvalue weighted by atomic mass is 9.77. The smallest absolute Gasteiger partial charge is 0.247 e. The molecule has 2 amide bonds. The molecule has 0 spiro atoms. The molecule has 1 heterocycles. The molecule has 1 aliphatic heterocycles. The van der Waals surface area contributed by atoms with E-state index in [1.165, 1.54) is 25.0 Å². The standard InChI is InChI=1S/C31H35FN2O5/c32-22-9-6-18(7-10-22)17-34(27(36)15-21-14-19-5-8-20(21)13-19)25-16-24(31(38)33-11-12-35)28-23-3-1-2-4-26(23)39-30(28)29(25)37/h1-4,6-7,9-10,16,19-21,25,28-30,35,37H,5,8,11-15,17H2,(H,33,38). The maximum Gasteiger partial charge on any atom is 0.247 e. The van der Waals surface area contributed by atoms with Crippen molar-refractivity contribution in [2.24, 2.45) is 17.8 Å². The molecule has 8 heteroatoms. The van der Waals surface area contributed by atoms with Crippen molar-refractivity contribution >= 4 is 11.8 Å². The van der Waals surface area contributed by atoms with Crippen LogP contribution in [0.15, 0.2) is 60.2 Å². The van der Waals surface area contributed by atoms with E-state index in [9.17, 15) is 24.2 Å².